The third-order valence-corrected chi connectivity index (χ3v) is 2.06. The number of anilines is 1. The number of carbonyl (C=O) groups excluding carboxylic acids is 1. The molecule has 0 fully saturated rings. The second-order valence-electron chi connectivity index (χ2n) is 3.13. The average molecular weight is 209 g/mol. The summed E-state index contributed by atoms with van der Waals surface area (Å²) in [6.07, 6.45) is 0. The maximum Gasteiger partial charge on any atom is 0.338 e. The normalized spacial score (nSPS) is 9.80. The van der Waals surface area contributed by atoms with E-state index in [9.17, 15) is 4.79 Å². The first-order valence-corrected chi connectivity index (χ1v) is 4.71. The largest absolute Gasteiger partial charge is 0.492 e. The lowest BCUT2D eigenvalue weighted by Gasteiger charge is -2.10. The number of hydrogen-bond acceptors (Lipinski definition) is 4. The van der Waals surface area contributed by atoms with Gasteiger partial charge in [0.15, 0.2) is 0 Å². The highest BCUT2D eigenvalue weighted by atomic mass is 16.5. The smallest absolute Gasteiger partial charge is 0.338 e. The highest BCUT2D eigenvalue weighted by Gasteiger charge is 2.12. The zero-order chi connectivity index (χ0) is 11.4. The van der Waals surface area contributed by atoms with Crippen molar-refractivity contribution in [2.75, 3.05) is 19.5 Å². The summed E-state index contributed by atoms with van der Waals surface area (Å²) in [5.74, 6) is 0.136. The van der Waals surface area contributed by atoms with Gasteiger partial charge in [-0.2, -0.15) is 0 Å². The van der Waals surface area contributed by atoms with Crippen LogP contribution in [0.5, 0.6) is 5.75 Å². The number of ether oxygens (including phenoxy) is 2. The standard InChI is InChI=1S/C11H15NO3/c1-4-15-10-6-8(11(13)14-3)7(2)5-9(10)12/h5-6H,4,12H2,1-3H3. The number of esters is 1. The van der Waals surface area contributed by atoms with Gasteiger partial charge >= 0.3 is 5.97 Å². The van der Waals surface area contributed by atoms with E-state index in [0.29, 0.717) is 23.6 Å². The summed E-state index contributed by atoms with van der Waals surface area (Å²) < 4.78 is 9.95. The number of methoxy groups -OCH3 is 1. The fourth-order valence-electron chi connectivity index (χ4n) is 1.32. The molecule has 0 atom stereocenters. The molecule has 0 saturated carbocycles. The van der Waals surface area contributed by atoms with E-state index in [-0.39, 0.29) is 5.97 Å². The van der Waals surface area contributed by atoms with E-state index in [4.69, 9.17) is 10.5 Å². The molecule has 0 aliphatic carbocycles. The van der Waals surface area contributed by atoms with Gasteiger partial charge in [0, 0.05) is 0 Å². The molecule has 0 saturated heterocycles. The first-order chi connectivity index (χ1) is 7.10. The number of carbonyl (C=O) groups is 1. The van der Waals surface area contributed by atoms with Crippen LogP contribution in [0.4, 0.5) is 5.69 Å². The van der Waals surface area contributed by atoms with Crippen molar-refractivity contribution in [3.63, 3.8) is 0 Å². The minimum Gasteiger partial charge on any atom is -0.492 e. The minimum absolute atomic E-state index is 0.381. The first-order valence-electron chi connectivity index (χ1n) is 4.71. The predicted molar refractivity (Wildman–Crippen MR) is 58.1 cm³/mol. The molecule has 1 aromatic carbocycles. The fraction of sp³-hybridized carbons (Fsp3) is 0.364. The van der Waals surface area contributed by atoms with Crippen molar-refractivity contribution in [3.8, 4) is 5.75 Å². The maximum absolute atomic E-state index is 11.4. The maximum atomic E-state index is 11.4. The van der Waals surface area contributed by atoms with Gasteiger partial charge in [-0.1, -0.05) is 0 Å². The number of benzene rings is 1. The fourth-order valence-corrected chi connectivity index (χ4v) is 1.32. The van der Waals surface area contributed by atoms with Gasteiger partial charge in [0.2, 0.25) is 0 Å². The second-order valence-corrected chi connectivity index (χ2v) is 3.13. The molecular weight excluding hydrogens is 194 g/mol. The van der Waals surface area contributed by atoms with Crippen molar-refractivity contribution in [1.29, 1.82) is 0 Å². The highest BCUT2D eigenvalue weighted by Crippen LogP contribution is 2.26. The molecule has 2 N–H and O–H groups in total. The van der Waals surface area contributed by atoms with Gasteiger partial charge in [0.05, 0.1) is 25.0 Å². The monoisotopic (exact) mass is 209 g/mol. The van der Waals surface area contributed by atoms with E-state index in [1.165, 1.54) is 7.11 Å². The topological polar surface area (TPSA) is 61.5 Å². The molecule has 0 aliphatic rings. The van der Waals surface area contributed by atoms with Crippen LogP contribution in [0.25, 0.3) is 0 Å². The Morgan fingerprint density at radius 2 is 2.13 bits per heavy atom. The zero-order valence-electron chi connectivity index (χ0n) is 9.16. The molecule has 1 aromatic rings. The van der Waals surface area contributed by atoms with Gasteiger partial charge < -0.3 is 15.2 Å². The van der Waals surface area contributed by atoms with E-state index in [1.807, 2.05) is 6.92 Å². The third kappa shape index (κ3) is 2.40. The summed E-state index contributed by atoms with van der Waals surface area (Å²) in [7, 11) is 1.35. The summed E-state index contributed by atoms with van der Waals surface area (Å²) in [5.41, 5.74) is 7.53. The average Bonchev–Trinajstić information content (AvgIpc) is 2.21. The lowest BCUT2D eigenvalue weighted by molar-refractivity contribution is 0.0599. The molecule has 4 heteroatoms. The molecule has 0 radical (unpaired) electrons. The van der Waals surface area contributed by atoms with Crippen LogP contribution in [0.3, 0.4) is 0 Å². The molecule has 0 heterocycles. The van der Waals surface area contributed by atoms with Gasteiger partial charge in [-0.05, 0) is 31.5 Å². The van der Waals surface area contributed by atoms with Crippen LogP contribution < -0.4 is 10.5 Å². The molecular formula is C11H15NO3. The lowest BCUT2D eigenvalue weighted by Crippen LogP contribution is -2.06. The Kier molecular flexibility index (Phi) is 3.55. The number of aryl methyl sites for hydroxylation is 1. The molecule has 0 aromatic heterocycles. The SMILES string of the molecule is CCOc1cc(C(=O)OC)c(C)cc1N. The Hall–Kier alpha value is -1.71. The number of nitrogen functional groups attached to an aromatic ring is 1. The van der Waals surface area contributed by atoms with Crippen LogP contribution >= 0.6 is 0 Å². The number of nitrogens with two attached hydrogens (primary N) is 1. The molecule has 0 aliphatic heterocycles. The van der Waals surface area contributed by atoms with Gasteiger partial charge in [-0.25, -0.2) is 4.79 Å². The van der Waals surface area contributed by atoms with Crippen LogP contribution in [0.2, 0.25) is 0 Å². The summed E-state index contributed by atoms with van der Waals surface area (Å²) in [6, 6.07) is 3.32. The Morgan fingerprint density at radius 1 is 1.47 bits per heavy atom. The van der Waals surface area contributed by atoms with Crippen LogP contribution in [0.1, 0.15) is 22.8 Å². The molecule has 1 rings (SSSR count). The first kappa shape index (κ1) is 11.4. The van der Waals surface area contributed by atoms with Crippen molar-refractivity contribution in [2.45, 2.75) is 13.8 Å². The third-order valence-electron chi connectivity index (χ3n) is 2.06. The molecule has 0 unspecified atom stereocenters. The van der Waals surface area contributed by atoms with Crippen LogP contribution in [0, 0.1) is 6.92 Å². The summed E-state index contributed by atoms with van der Waals surface area (Å²) >= 11 is 0. The molecule has 4 nitrogen and oxygen atoms in total. The van der Waals surface area contributed by atoms with E-state index in [1.54, 1.807) is 19.1 Å². The number of hydrogen-bond donors (Lipinski definition) is 1. The molecule has 0 spiro atoms. The number of rotatable bonds is 3. The second kappa shape index (κ2) is 4.68. The van der Waals surface area contributed by atoms with Crippen molar-refractivity contribution < 1.29 is 14.3 Å². The zero-order valence-corrected chi connectivity index (χ0v) is 9.16. The van der Waals surface area contributed by atoms with Gasteiger partial charge in [-0.15, -0.1) is 0 Å². The Bertz CT molecular complexity index is 374. The van der Waals surface area contributed by atoms with Crippen LogP contribution in [-0.2, 0) is 4.74 Å². The summed E-state index contributed by atoms with van der Waals surface area (Å²) in [5, 5.41) is 0. The van der Waals surface area contributed by atoms with Crippen molar-refractivity contribution >= 4 is 11.7 Å². The molecule has 82 valence electrons. The summed E-state index contributed by atoms with van der Waals surface area (Å²) in [4.78, 5) is 11.4. The summed E-state index contributed by atoms with van der Waals surface area (Å²) in [6.45, 7) is 4.17. The Labute approximate surface area is 89.0 Å². The van der Waals surface area contributed by atoms with E-state index >= 15 is 0 Å². The minimum atomic E-state index is -0.381. The lowest BCUT2D eigenvalue weighted by atomic mass is 10.1. The van der Waals surface area contributed by atoms with Gasteiger partial charge in [-0.3, -0.25) is 0 Å². The highest BCUT2D eigenvalue weighted by molar-refractivity contribution is 5.92. The van der Waals surface area contributed by atoms with E-state index < -0.39 is 0 Å². The quantitative estimate of drug-likeness (QED) is 0.608. The van der Waals surface area contributed by atoms with Gasteiger partial charge in [0.1, 0.15) is 5.75 Å². The van der Waals surface area contributed by atoms with Crippen LogP contribution in [-0.4, -0.2) is 19.7 Å². The van der Waals surface area contributed by atoms with Gasteiger partial charge in [0.25, 0.3) is 0 Å². The molecule has 0 amide bonds. The van der Waals surface area contributed by atoms with E-state index in [2.05, 4.69) is 4.74 Å². The van der Waals surface area contributed by atoms with E-state index in [0.717, 1.165) is 5.56 Å². The molecule has 0 bridgehead atoms. The predicted octanol–water partition coefficient (Wildman–Crippen LogP) is 1.76. The van der Waals surface area contributed by atoms with Crippen molar-refractivity contribution in [1.82, 2.24) is 0 Å². The van der Waals surface area contributed by atoms with Crippen molar-refractivity contribution in [3.05, 3.63) is 23.3 Å². The molecule has 15 heavy (non-hydrogen) atoms. The van der Waals surface area contributed by atoms with Crippen molar-refractivity contribution in [2.24, 2.45) is 0 Å². The van der Waals surface area contributed by atoms with Crippen LogP contribution in [0.15, 0.2) is 12.1 Å². The Balaban J connectivity index is 3.17. The Morgan fingerprint density at radius 3 is 2.67 bits per heavy atom.